The SMILES string of the molecule is CCNC(=NCC1CCCN1CC)NCCCc1nnc2n1CCCCC2.I. The maximum atomic E-state index is 4.83. The van der Waals surface area contributed by atoms with Gasteiger partial charge in [-0.15, -0.1) is 34.2 Å². The largest absolute Gasteiger partial charge is 0.357 e. The zero-order chi connectivity index (χ0) is 18.9. The highest BCUT2D eigenvalue weighted by atomic mass is 127. The van der Waals surface area contributed by atoms with Crippen molar-refractivity contribution in [2.24, 2.45) is 4.99 Å². The summed E-state index contributed by atoms with van der Waals surface area (Å²) in [4.78, 5) is 7.38. The Morgan fingerprint density at radius 2 is 2.00 bits per heavy atom. The lowest BCUT2D eigenvalue weighted by atomic mass is 10.2. The lowest BCUT2D eigenvalue weighted by Gasteiger charge is -2.21. The number of likely N-dealkylation sites (tertiary alicyclic amines) is 1. The smallest absolute Gasteiger partial charge is 0.191 e. The van der Waals surface area contributed by atoms with E-state index in [-0.39, 0.29) is 24.0 Å². The Kier molecular flexibility index (Phi) is 10.5. The first-order valence-electron chi connectivity index (χ1n) is 11.0. The fourth-order valence-electron chi connectivity index (χ4n) is 4.24. The average molecular weight is 503 g/mol. The number of nitrogens with one attached hydrogen (secondary N) is 2. The van der Waals surface area contributed by atoms with Gasteiger partial charge in [0.05, 0.1) is 6.54 Å². The van der Waals surface area contributed by atoms with Crippen molar-refractivity contribution in [1.82, 2.24) is 30.3 Å². The predicted molar refractivity (Wildman–Crippen MR) is 126 cm³/mol. The zero-order valence-electron chi connectivity index (χ0n) is 17.6. The third kappa shape index (κ3) is 6.57. The molecule has 160 valence electrons. The van der Waals surface area contributed by atoms with E-state index >= 15 is 0 Å². The van der Waals surface area contributed by atoms with Crippen molar-refractivity contribution in [2.75, 3.05) is 32.7 Å². The van der Waals surface area contributed by atoms with Gasteiger partial charge < -0.3 is 15.2 Å². The summed E-state index contributed by atoms with van der Waals surface area (Å²) in [6, 6.07) is 0.608. The van der Waals surface area contributed by atoms with Gasteiger partial charge in [-0.1, -0.05) is 13.3 Å². The summed E-state index contributed by atoms with van der Waals surface area (Å²) in [6.45, 7) is 10.5. The Hall–Kier alpha value is -0.900. The molecule has 0 bridgehead atoms. The topological polar surface area (TPSA) is 70.4 Å². The molecule has 0 aliphatic carbocycles. The molecule has 1 saturated heterocycles. The molecule has 2 N–H and O–H groups in total. The summed E-state index contributed by atoms with van der Waals surface area (Å²) in [5.74, 6) is 3.28. The maximum absolute atomic E-state index is 4.83. The van der Waals surface area contributed by atoms with Crippen LogP contribution >= 0.6 is 24.0 Å². The molecule has 1 unspecified atom stereocenters. The quantitative estimate of drug-likeness (QED) is 0.247. The van der Waals surface area contributed by atoms with Crippen molar-refractivity contribution in [2.45, 2.75) is 77.8 Å². The molecule has 3 rings (SSSR count). The van der Waals surface area contributed by atoms with Crippen molar-refractivity contribution in [3.8, 4) is 0 Å². The van der Waals surface area contributed by atoms with Crippen LogP contribution in [-0.2, 0) is 19.4 Å². The van der Waals surface area contributed by atoms with Crippen molar-refractivity contribution < 1.29 is 0 Å². The first kappa shape index (κ1) is 23.4. The number of likely N-dealkylation sites (N-methyl/N-ethyl adjacent to an activating group) is 1. The van der Waals surface area contributed by atoms with Gasteiger partial charge in [-0.3, -0.25) is 9.89 Å². The molecule has 0 radical (unpaired) electrons. The van der Waals surface area contributed by atoms with Crippen molar-refractivity contribution in [1.29, 1.82) is 0 Å². The zero-order valence-corrected chi connectivity index (χ0v) is 20.0. The van der Waals surface area contributed by atoms with Gasteiger partial charge in [-0.25, -0.2) is 0 Å². The number of aryl methyl sites for hydroxylation is 2. The molecule has 0 spiro atoms. The Morgan fingerprint density at radius 1 is 1.11 bits per heavy atom. The van der Waals surface area contributed by atoms with Crippen LogP contribution in [0.4, 0.5) is 0 Å². The average Bonchev–Trinajstić information content (AvgIpc) is 3.23. The number of fused-ring (bicyclic) bond motifs is 1. The molecule has 8 heteroatoms. The third-order valence-corrected chi connectivity index (χ3v) is 5.77. The van der Waals surface area contributed by atoms with E-state index in [4.69, 9.17) is 4.99 Å². The van der Waals surface area contributed by atoms with Crippen LogP contribution in [0.5, 0.6) is 0 Å². The summed E-state index contributed by atoms with van der Waals surface area (Å²) < 4.78 is 2.35. The summed E-state index contributed by atoms with van der Waals surface area (Å²) in [7, 11) is 0. The molecular weight excluding hydrogens is 465 g/mol. The molecule has 0 amide bonds. The van der Waals surface area contributed by atoms with E-state index < -0.39 is 0 Å². The Morgan fingerprint density at radius 3 is 2.82 bits per heavy atom. The monoisotopic (exact) mass is 503 g/mol. The van der Waals surface area contributed by atoms with Gasteiger partial charge in [-0.05, 0) is 52.1 Å². The van der Waals surface area contributed by atoms with E-state index in [2.05, 4.69) is 44.1 Å². The van der Waals surface area contributed by atoms with Gasteiger partial charge in [0.15, 0.2) is 5.96 Å². The molecule has 2 aliphatic heterocycles. The summed E-state index contributed by atoms with van der Waals surface area (Å²) in [5, 5.41) is 15.7. The standard InChI is InChI=1S/C20H37N7.HI/c1-3-21-20(23-16-17-10-9-14-26(17)4-2)22-13-8-12-19-25-24-18-11-6-5-7-15-27(18)19;/h17H,3-16H2,1-2H3,(H2,21,22,23);1H. The maximum Gasteiger partial charge on any atom is 0.191 e. The summed E-state index contributed by atoms with van der Waals surface area (Å²) in [5.41, 5.74) is 0. The Balaban J connectivity index is 0.00000280. The van der Waals surface area contributed by atoms with E-state index in [0.29, 0.717) is 6.04 Å². The fourth-order valence-corrected chi connectivity index (χ4v) is 4.24. The molecule has 1 atom stereocenters. The number of aromatic nitrogens is 3. The molecule has 0 saturated carbocycles. The van der Waals surface area contributed by atoms with Gasteiger partial charge in [0.2, 0.25) is 0 Å². The van der Waals surface area contributed by atoms with Crippen molar-refractivity contribution in [3.63, 3.8) is 0 Å². The predicted octanol–water partition coefficient (Wildman–Crippen LogP) is 2.59. The van der Waals surface area contributed by atoms with Crippen LogP contribution in [0.3, 0.4) is 0 Å². The number of hydrogen-bond acceptors (Lipinski definition) is 4. The van der Waals surface area contributed by atoms with Gasteiger partial charge in [0, 0.05) is 38.5 Å². The number of rotatable bonds is 8. The second-order valence-electron chi connectivity index (χ2n) is 7.67. The lowest BCUT2D eigenvalue weighted by Crippen LogP contribution is -2.39. The molecule has 3 heterocycles. The van der Waals surface area contributed by atoms with E-state index in [1.807, 2.05) is 0 Å². The molecule has 7 nitrogen and oxygen atoms in total. The molecular formula is C20H38IN7. The minimum absolute atomic E-state index is 0. The highest BCUT2D eigenvalue weighted by Crippen LogP contribution is 2.17. The summed E-state index contributed by atoms with van der Waals surface area (Å²) in [6.07, 6.45) is 9.50. The second-order valence-corrected chi connectivity index (χ2v) is 7.67. The number of halogens is 1. The van der Waals surface area contributed by atoms with Gasteiger partial charge in [0.25, 0.3) is 0 Å². The molecule has 28 heavy (non-hydrogen) atoms. The third-order valence-electron chi connectivity index (χ3n) is 5.77. The lowest BCUT2D eigenvalue weighted by molar-refractivity contribution is 0.273. The first-order valence-corrected chi connectivity index (χ1v) is 11.0. The number of hydrogen-bond donors (Lipinski definition) is 2. The highest BCUT2D eigenvalue weighted by molar-refractivity contribution is 14.0. The Bertz CT molecular complexity index is 601. The minimum Gasteiger partial charge on any atom is -0.357 e. The van der Waals surface area contributed by atoms with Crippen LogP contribution < -0.4 is 10.6 Å². The number of aliphatic imine (C=N–C) groups is 1. The van der Waals surface area contributed by atoms with Crippen LogP contribution in [0, 0.1) is 0 Å². The van der Waals surface area contributed by atoms with Gasteiger partial charge in [-0.2, -0.15) is 0 Å². The number of nitrogens with zero attached hydrogens (tertiary/aromatic N) is 5. The second kappa shape index (κ2) is 12.6. The van der Waals surface area contributed by atoms with Crippen LogP contribution in [0.2, 0.25) is 0 Å². The minimum atomic E-state index is 0. The first-order chi connectivity index (χ1) is 13.3. The van der Waals surface area contributed by atoms with E-state index in [9.17, 15) is 0 Å². The van der Waals surface area contributed by atoms with E-state index in [0.717, 1.165) is 63.8 Å². The fraction of sp³-hybridized carbons (Fsp3) is 0.850. The molecule has 0 aromatic carbocycles. The van der Waals surface area contributed by atoms with Gasteiger partial charge >= 0.3 is 0 Å². The normalized spacial score (nSPS) is 20.4. The van der Waals surface area contributed by atoms with Crippen LogP contribution in [-0.4, -0.2) is 64.4 Å². The Labute approximate surface area is 187 Å². The van der Waals surface area contributed by atoms with E-state index in [1.165, 1.54) is 44.5 Å². The van der Waals surface area contributed by atoms with Crippen molar-refractivity contribution >= 4 is 29.9 Å². The van der Waals surface area contributed by atoms with E-state index in [1.54, 1.807) is 0 Å². The summed E-state index contributed by atoms with van der Waals surface area (Å²) >= 11 is 0. The molecule has 1 fully saturated rings. The van der Waals surface area contributed by atoms with Crippen LogP contribution in [0.1, 0.15) is 64.0 Å². The number of guanidine groups is 1. The molecule has 1 aromatic rings. The van der Waals surface area contributed by atoms with Crippen LogP contribution in [0.15, 0.2) is 4.99 Å². The molecule has 2 aliphatic rings. The highest BCUT2D eigenvalue weighted by Gasteiger charge is 2.22. The van der Waals surface area contributed by atoms with Crippen LogP contribution in [0.25, 0.3) is 0 Å². The van der Waals surface area contributed by atoms with Crippen molar-refractivity contribution in [3.05, 3.63) is 11.6 Å². The van der Waals surface area contributed by atoms with Gasteiger partial charge in [0.1, 0.15) is 11.6 Å². The molecule has 1 aromatic heterocycles.